The third-order valence-corrected chi connectivity index (χ3v) is 9.89. The fraction of sp³-hybridized carbons (Fsp3) is 0.300. The van der Waals surface area contributed by atoms with Gasteiger partial charge in [0.2, 0.25) is 29.7 Å². The van der Waals surface area contributed by atoms with Crippen molar-refractivity contribution >= 4 is 110 Å². The Morgan fingerprint density at radius 2 is 1.24 bits per heavy atom. The second-order valence-electron chi connectivity index (χ2n) is 11.8. The number of nitrogens with one attached hydrogen (secondary N) is 5. The number of aliphatic hydroxyl groups excluding tert-OH is 4. The molecule has 338 valence electrons. The molecule has 32 heteroatoms. The van der Waals surface area contributed by atoms with E-state index in [9.17, 15) is 31.6 Å². The Bertz CT molecular complexity index is 2370. The molecule has 0 amide bonds. The van der Waals surface area contributed by atoms with Crippen LogP contribution in [0.15, 0.2) is 51.2 Å². The van der Waals surface area contributed by atoms with E-state index >= 15 is 0 Å². The number of aromatic nitrogens is 6. The largest absolute Gasteiger partial charge is 0.394 e. The number of nitrogens with zero attached hydrogens (tertiary/aromatic N) is 7. The Morgan fingerprint density at radius 3 is 1.84 bits per heavy atom. The molecule has 0 fully saturated rings. The highest BCUT2D eigenvalue weighted by Gasteiger charge is 2.18. The standard InChI is InChI=1S/C30H38N12O16S4/c43-15-21(45)13-33-27-37-25(31-7-9-59-57-55-47)39-30(42-27)36-20-6-4-18(24(12-20)62(52,53)54)2-1-17-3-5-19(11-23(17)60-58-56-48)35-29-40-26(32-8-10-61(49,50)51)38-28(41-29)34-14-22(46)16-44/h1-7,11-12,21-22,43-48H,8-10,13-16H2,(H,49,50,51)(H,52,53,54)(H2,33,36,37,39,42)(H3,32,34,35,38,40,41)/b2-1+,31-7?. The van der Waals surface area contributed by atoms with E-state index in [1.54, 1.807) is 0 Å². The van der Waals surface area contributed by atoms with Gasteiger partial charge in [-0.2, -0.15) is 46.7 Å². The summed E-state index contributed by atoms with van der Waals surface area (Å²) in [4.78, 5) is 28.6. The molecule has 2 atom stereocenters. The minimum Gasteiger partial charge on any atom is -0.394 e. The van der Waals surface area contributed by atoms with Gasteiger partial charge in [-0.05, 0) is 35.4 Å². The highest BCUT2D eigenvalue weighted by Crippen LogP contribution is 2.31. The summed E-state index contributed by atoms with van der Waals surface area (Å²) in [5.74, 6) is -1.32. The first-order chi connectivity index (χ1) is 29.6. The monoisotopic (exact) mass is 950 g/mol. The third-order valence-electron chi connectivity index (χ3n) is 7.16. The van der Waals surface area contributed by atoms with Crippen molar-refractivity contribution in [3.05, 3.63) is 47.5 Å². The van der Waals surface area contributed by atoms with Crippen LogP contribution in [-0.4, -0.2) is 150 Å². The molecule has 4 aromatic rings. The lowest BCUT2D eigenvalue weighted by molar-refractivity contribution is -0.432. The Labute approximate surface area is 359 Å². The van der Waals surface area contributed by atoms with Gasteiger partial charge in [0.25, 0.3) is 26.2 Å². The van der Waals surface area contributed by atoms with Crippen molar-refractivity contribution in [3.63, 3.8) is 0 Å². The molecule has 0 aliphatic carbocycles. The van der Waals surface area contributed by atoms with Gasteiger partial charge < -0.3 is 47.0 Å². The third kappa shape index (κ3) is 17.4. The molecule has 2 unspecified atom stereocenters. The van der Waals surface area contributed by atoms with Gasteiger partial charge in [-0.15, -0.1) is 8.67 Å². The molecule has 0 radical (unpaired) electrons. The predicted octanol–water partition coefficient (Wildman–Crippen LogP) is 0.991. The van der Waals surface area contributed by atoms with Crippen LogP contribution in [0.2, 0.25) is 0 Å². The zero-order valence-electron chi connectivity index (χ0n) is 31.4. The maximum Gasteiger partial charge on any atom is 0.295 e. The van der Waals surface area contributed by atoms with Gasteiger partial charge in [0.15, 0.2) is 0 Å². The van der Waals surface area contributed by atoms with Crippen LogP contribution in [0.3, 0.4) is 0 Å². The molecular formula is C30H38N12O16S4. The smallest absolute Gasteiger partial charge is 0.295 e. The summed E-state index contributed by atoms with van der Waals surface area (Å²) in [6, 6.07) is 8.43. The number of aliphatic hydroxyl groups is 4. The first kappa shape index (κ1) is 49.6. The molecule has 2 aromatic heterocycles. The molecule has 0 aliphatic rings. The maximum atomic E-state index is 12.6. The van der Waals surface area contributed by atoms with Gasteiger partial charge in [-0.1, -0.05) is 34.4 Å². The van der Waals surface area contributed by atoms with Crippen LogP contribution in [-0.2, 0) is 39.0 Å². The maximum absolute atomic E-state index is 12.6. The van der Waals surface area contributed by atoms with Crippen molar-refractivity contribution in [2.45, 2.75) is 22.0 Å². The fourth-order valence-electron chi connectivity index (χ4n) is 4.47. The molecule has 0 saturated heterocycles. The van der Waals surface area contributed by atoms with Gasteiger partial charge in [-0.3, -0.25) is 9.11 Å². The lowest BCUT2D eigenvalue weighted by Crippen LogP contribution is -2.24. The molecule has 0 aliphatic heterocycles. The molecule has 0 saturated carbocycles. The Kier molecular flexibility index (Phi) is 19.7. The predicted molar refractivity (Wildman–Crippen MR) is 222 cm³/mol. The van der Waals surface area contributed by atoms with Gasteiger partial charge in [0.1, 0.15) is 4.90 Å². The van der Waals surface area contributed by atoms with E-state index in [1.807, 2.05) is 0 Å². The average molecular weight is 951 g/mol. The van der Waals surface area contributed by atoms with E-state index in [0.29, 0.717) is 35.3 Å². The van der Waals surface area contributed by atoms with Crippen LogP contribution < -0.4 is 26.6 Å². The van der Waals surface area contributed by atoms with Crippen LogP contribution in [0.4, 0.5) is 47.1 Å². The van der Waals surface area contributed by atoms with Gasteiger partial charge in [0, 0.05) is 54.2 Å². The summed E-state index contributed by atoms with van der Waals surface area (Å²) >= 11 is 1.22. The van der Waals surface area contributed by atoms with Crippen molar-refractivity contribution in [1.82, 2.24) is 29.9 Å². The summed E-state index contributed by atoms with van der Waals surface area (Å²) in [6.07, 6.45) is 1.77. The minimum absolute atomic E-state index is 0.00828. The zero-order chi connectivity index (χ0) is 45.1. The first-order valence-corrected chi connectivity index (χ1v) is 21.8. The van der Waals surface area contributed by atoms with Crippen molar-refractivity contribution in [3.8, 4) is 0 Å². The summed E-state index contributed by atoms with van der Waals surface area (Å²) in [5.41, 5.74) is 0.757. The van der Waals surface area contributed by atoms with Crippen molar-refractivity contribution < 1.29 is 75.6 Å². The Hall–Kier alpha value is -5.01. The van der Waals surface area contributed by atoms with E-state index in [4.69, 9.17) is 25.3 Å². The van der Waals surface area contributed by atoms with E-state index in [2.05, 4.69) is 80.2 Å². The summed E-state index contributed by atoms with van der Waals surface area (Å²) in [5, 5.41) is 75.9. The van der Waals surface area contributed by atoms with Crippen LogP contribution in [0, 0.1) is 0 Å². The number of hydrogen-bond acceptors (Lipinski definition) is 28. The molecule has 13 N–H and O–H groups in total. The molecular weight excluding hydrogens is 913 g/mol. The Balaban J connectivity index is 1.61. The normalized spacial score (nSPS) is 13.0. The quantitative estimate of drug-likeness (QED) is 0.00754. The molecule has 2 aromatic carbocycles. The lowest BCUT2D eigenvalue weighted by Gasteiger charge is -2.13. The lowest BCUT2D eigenvalue weighted by atomic mass is 10.1. The Morgan fingerprint density at radius 1 is 0.710 bits per heavy atom. The molecule has 2 heterocycles. The summed E-state index contributed by atoms with van der Waals surface area (Å²) < 4.78 is 75.7. The molecule has 0 spiro atoms. The molecule has 0 bridgehead atoms. The number of aliphatic imine (C=N–C) groups is 1. The van der Waals surface area contributed by atoms with E-state index in [0.717, 1.165) is 6.07 Å². The van der Waals surface area contributed by atoms with Crippen LogP contribution in [0.25, 0.3) is 12.2 Å². The average Bonchev–Trinajstić information content (AvgIpc) is 3.22. The van der Waals surface area contributed by atoms with Crippen molar-refractivity contribution in [2.24, 2.45) is 4.99 Å². The second kappa shape index (κ2) is 24.6. The highest BCUT2D eigenvalue weighted by atomic mass is 32.2. The highest BCUT2D eigenvalue weighted by molar-refractivity contribution is 7.95. The summed E-state index contributed by atoms with van der Waals surface area (Å²) in [7, 11) is -9.19. The number of benzene rings is 2. The summed E-state index contributed by atoms with van der Waals surface area (Å²) in [6.45, 7) is -1.73. The number of rotatable bonds is 27. The molecule has 62 heavy (non-hydrogen) atoms. The van der Waals surface area contributed by atoms with Crippen LogP contribution >= 0.6 is 24.1 Å². The van der Waals surface area contributed by atoms with E-state index in [1.165, 1.54) is 48.7 Å². The topological polar surface area (TPSA) is 417 Å². The fourth-order valence-corrected chi connectivity index (χ4v) is 6.28. The second-order valence-corrected chi connectivity index (χ2v) is 16.2. The van der Waals surface area contributed by atoms with E-state index < -0.39 is 56.3 Å². The van der Waals surface area contributed by atoms with Crippen molar-refractivity contribution in [1.29, 1.82) is 0 Å². The number of hydrogen-bond donors (Lipinski definition) is 13. The van der Waals surface area contributed by atoms with Crippen LogP contribution in [0.5, 0.6) is 0 Å². The zero-order valence-corrected chi connectivity index (χ0v) is 34.7. The van der Waals surface area contributed by atoms with Gasteiger partial charge >= 0.3 is 0 Å². The number of anilines is 7. The van der Waals surface area contributed by atoms with Crippen LogP contribution in [0.1, 0.15) is 11.1 Å². The van der Waals surface area contributed by atoms with Gasteiger partial charge in [-0.25, -0.2) is 15.5 Å². The van der Waals surface area contributed by atoms with Gasteiger partial charge in [0.05, 0.1) is 49.0 Å². The minimum atomic E-state index is -4.87. The molecule has 4 rings (SSSR count). The SMILES string of the molecule is O=S(=O)(O)CCNc1nc(NCC(O)CO)nc(Nc2ccc(/C=C/c3ccc(Nc4nc(N=CCSOOO)nc(NCC(O)CO)n4)cc3S(=O)(=O)O)c(SOOO)c2)n1. The van der Waals surface area contributed by atoms with Crippen molar-refractivity contribution in [2.75, 3.05) is 70.9 Å². The molecule has 28 nitrogen and oxygen atoms in total. The van der Waals surface area contributed by atoms with E-state index in [-0.39, 0.29) is 77.2 Å². The first-order valence-electron chi connectivity index (χ1n) is 17.1.